The van der Waals surface area contributed by atoms with Gasteiger partial charge in [-0.15, -0.1) is 11.3 Å². The number of fused-ring (bicyclic) bond motifs is 1. The maximum atomic E-state index is 12.9. The SMILES string of the molecule is O=C(COC(=O)c1sccc1S(=O)(=O)N1CCSCC1)Nc1cccc2ccccc12. The second kappa shape index (κ2) is 9.39. The van der Waals surface area contributed by atoms with E-state index in [2.05, 4.69) is 5.32 Å². The molecule has 1 saturated heterocycles. The number of carbonyl (C=O) groups is 2. The summed E-state index contributed by atoms with van der Waals surface area (Å²) in [4.78, 5) is 24.8. The quantitative estimate of drug-likeness (QED) is 0.548. The predicted molar refractivity (Wildman–Crippen MR) is 123 cm³/mol. The van der Waals surface area contributed by atoms with Crippen molar-refractivity contribution >= 4 is 61.5 Å². The van der Waals surface area contributed by atoms with Crippen LogP contribution < -0.4 is 5.32 Å². The van der Waals surface area contributed by atoms with E-state index >= 15 is 0 Å². The number of anilines is 1. The van der Waals surface area contributed by atoms with Gasteiger partial charge in [0.25, 0.3) is 5.91 Å². The Kier molecular flexibility index (Phi) is 6.61. The van der Waals surface area contributed by atoms with E-state index in [4.69, 9.17) is 4.74 Å². The van der Waals surface area contributed by atoms with Crippen LogP contribution in [0.2, 0.25) is 0 Å². The van der Waals surface area contributed by atoms with E-state index < -0.39 is 28.5 Å². The van der Waals surface area contributed by atoms with Crippen LogP contribution in [0.1, 0.15) is 9.67 Å². The van der Waals surface area contributed by atoms with Crippen molar-refractivity contribution < 1.29 is 22.7 Å². The number of sulfonamides is 1. The number of thioether (sulfide) groups is 1. The molecule has 1 fully saturated rings. The van der Waals surface area contributed by atoms with Gasteiger partial charge in [-0.3, -0.25) is 4.79 Å². The van der Waals surface area contributed by atoms with Crippen LogP contribution in [-0.4, -0.2) is 55.8 Å². The van der Waals surface area contributed by atoms with Crippen LogP contribution in [0, 0.1) is 0 Å². The number of rotatable bonds is 6. The first-order valence-electron chi connectivity index (χ1n) is 9.57. The van der Waals surface area contributed by atoms with Crippen molar-refractivity contribution in [1.29, 1.82) is 0 Å². The molecule has 3 aromatic rings. The number of esters is 1. The zero-order valence-corrected chi connectivity index (χ0v) is 18.9. The van der Waals surface area contributed by atoms with Gasteiger partial charge in [-0.25, -0.2) is 13.2 Å². The standard InChI is InChI=1S/C21H20N2O5S3/c24-19(22-17-7-3-5-15-4-1-2-6-16(15)17)14-28-21(25)20-18(8-11-30-20)31(26,27)23-9-12-29-13-10-23/h1-8,11H,9-10,12-14H2,(H,22,24). The monoisotopic (exact) mass is 476 g/mol. The van der Waals surface area contributed by atoms with Crippen LogP contribution in [0.4, 0.5) is 5.69 Å². The van der Waals surface area contributed by atoms with Gasteiger partial charge in [0.2, 0.25) is 10.0 Å². The van der Waals surface area contributed by atoms with Crippen molar-refractivity contribution in [1.82, 2.24) is 4.31 Å². The van der Waals surface area contributed by atoms with Gasteiger partial charge in [0.15, 0.2) is 6.61 Å². The van der Waals surface area contributed by atoms with E-state index in [1.165, 1.54) is 10.4 Å². The maximum absolute atomic E-state index is 12.9. The number of nitrogens with zero attached hydrogens (tertiary/aromatic N) is 1. The topological polar surface area (TPSA) is 92.8 Å². The lowest BCUT2D eigenvalue weighted by molar-refractivity contribution is -0.119. The van der Waals surface area contributed by atoms with Crippen LogP contribution >= 0.6 is 23.1 Å². The van der Waals surface area contributed by atoms with E-state index in [9.17, 15) is 18.0 Å². The lowest BCUT2D eigenvalue weighted by Crippen LogP contribution is -2.38. The summed E-state index contributed by atoms with van der Waals surface area (Å²) in [5.41, 5.74) is 0.613. The summed E-state index contributed by atoms with van der Waals surface area (Å²) in [7, 11) is -3.78. The fourth-order valence-corrected chi connectivity index (χ4v) is 7.15. The second-order valence-electron chi connectivity index (χ2n) is 6.78. The molecule has 0 saturated carbocycles. The molecule has 0 aliphatic carbocycles. The molecule has 0 unspecified atom stereocenters. The third kappa shape index (κ3) is 4.77. The summed E-state index contributed by atoms with van der Waals surface area (Å²) < 4.78 is 32.3. The zero-order valence-electron chi connectivity index (χ0n) is 16.4. The largest absolute Gasteiger partial charge is 0.451 e. The second-order valence-corrected chi connectivity index (χ2v) is 10.8. The van der Waals surface area contributed by atoms with Crippen LogP contribution in [0.3, 0.4) is 0 Å². The number of benzene rings is 2. The Labute approximate surface area is 188 Å². The summed E-state index contributed by atoms with van der Waals surface area (Å²) >= 11 is 2.68. The molecule has 1 aliphatic heterocycles. The van der Waals surface area contributed by atoms with E-state index in [-0.39, 0.29) is 9.77 Å². The summed E-state index contributed by atoms with van der Waals surface area (Å²) in [5.74, 6) is 0.112. The lowest BCUT2D eigenvalue weighted by atomic mass is 10.1. The fourth-order valence-electron chi connectivity index (χ4n) is 3.29. The Bertz CT molecular complexity index is 1210. The summed E-state index contributed by atoms with van der Waals surface area (Å²) in [6, 6.07) is 14.5. The van der Waals surface area contributed by atoms with Crippen molar-refractivity contribution in [3.8, 4) is 0 Å². The molecule has 10 heteroatoms. The number of nitrogens with one attached hydrogen (secondary N) is 1. The average Bonchev–Trinajstić information content (AvgIpc) is 3.29. The highest BCUT2D eigenvalue weighted by Crippen LogP contribution is 2.28. The predicted octanol–water partition coefficient (Wildman–Crippen LogP) is 3.43. The van der Waals surface area contributed by atoms with Crippen molar-refractivity contribution in [3.05, 3.63) is 58.8 Å². The maximum Gasteiger partial charge on any atom is 0.350 e. The van der Waals surface area contributed by atoms with Crippen molar-refractivity contribution in [2.45, 2.75) is 4.90 Å². The Morgan fingerprint density at radius 3 is 2.58 bits per heavy atom. The summed E-state index contributed by atoms with van der Waals surface area (Å²) in [6.45, 7) is 0.301. The minimum atomic E-state index is -3.78. The number of ether oxygens (including phenoxy) is 1. The minimum absolute atomic E-state index is 0.0174. The average molecular weight is 477 g/mol. The molecular formula is C21H20N2O5S3. The molecule has 2 aromatic carbocycles. The molecule has 1 aromatic heterocycles. The van der Waals surface area contributed by atoms with Crippen molar-refractivity contribution in [2.75, 3.05) is 36.5 Å². The van der Waals surface area contributed by atoms with Gasteiger partial charge in [0.05, 0.1) is 0 Å². The number of thiophene rings is 1. The molecule has 0 atom stereocenters. The van der Waals surface area contributed by atoms with Gasteiger partial charge in [0.1, 0.15) is 9.77 Å². The van der Waals surface area contributed by atoms with E-state index in [0.29, 0.717) is 18.8 Å². The van der Waals surface area contributed by atoms with Crippen LogP contribution in [-0.2, 0) is 19.6 Å². The highest BCUT2D eigenvalue weighted by molar-refractivity contribution is 7.99. The van der Waals surface area contributed by atoms with Gasteiger partial charge in [-0.1, -0.05) is 36.4 Å². The Hall–Kier alpha value is -2.40. The first-order valence-corrected chi connectivity index (χ1v) is 13.0. The Morgan fingerprint density at radius 2 is 1.77 bits per heavy atom. The summed E-state index contributed by atoms with van der Waals surface area (Å²) in [5, 5.41) is 6.13. The molecule has 1 amide bonds. The third-order valence-corrected chi connectivity index (χ3v) is 8.71. The molecular weight excluding hydrogens is 456 g/mol. The minimum Gasteiger partial charge on any atom is -0.451 e. The first kappa shape index (κ1) is 21.8. The molecule has 2 heterocycles. The van der Waals surface area contributed by atoms with Gasteiger partial charge in [-0.05, 0) is 22.9 Å². The zero-order chi connectivity index (χ0) is 21.8. The molecule has 162 valence electrons. The molecule has 0 spiro atoms. The summed E-state index contributed by atoms with van der Waals surface area (Å²) in [6.07, 6.45) is 0. The van der Waals surface area contributed by atoms with Crippen LogP contribution in [0.15, 0.2) is 58.8 Å². The molecule has 1 N–H and O–H groups in total. The highest BCUT2D eigenvalue weighted by Gasteiger charge is 2.31. The molecule has 0 bridgehead atoms. The van der Waals surface area contributed by atoms with E-state index in [1.54, 1.807) is 23.2 Å². The van der Waals surface area contributed by atoms with Gasteiger partial charge >= 0.3 is 5.97 Å². The third-order valence-electron chi connectivity index (χ3n) is 4.80. The van der Waals surface area contributed by atoms with E-state index in [0.717, 1.165) is 33.6 Å². The number of hydrogen-bond donors (Lipinski definition) is 1. The van der Waals surface area contributed by atoms with Gasteiger partial charge in [-0.2, -0.15) is 16.1 Å². The normalized spacial score (nSPS) is 15.0. The molecule has 31 heavy (non-hydrogen) atoms. The van der Waals surface area contributed by atoms with Crippen molar-refractivity contribution in [3.63, 3.8) is 0 Å². The molecule has 7 nitrogen and oxygen atoms in total. The first-order chi connectivity index (χ1) is 15.0. The smallest absolute Gasteiger partial charge is 0.350 e. The molecule has 0 radical (unpaired) electrons. The Morgan fingerprint density at radius 1 is 1.03 bits per heavy atom. The lowest BCUT2D eigenvalue weighted by Gasteiger charge is -2.25. The number of carbonyl (C=O) groups excluding carboxylic acids is 2. The van der Waals surface area contributed by atoms with Crippen molar-refractivity contribution in [2.24, 2.45) is 0 Å². The van der Waals surface area contributed by atoms with Gasteiger partial charge in [0, 0.05) is 35.7 Å². The van der Waals surface area contributed by atoms with Crippen LogP contribution in [0.5, 0.6) is 0 Å². The molecule has 4 rings (SSSR count). The Balaban J connectivity index is 1.43. The van der Waals surface area contributed by atoms with E-state index in [1.807, 2.05) is 36.4 Å². The highest BCUT2D eigenvalue weighted by atomic mass is 32.2. The van der Waals surface area contributed by atoms with Crippen LogP contribution in [0.25, 0.3) is 10.8 Å². The number of hydrogen-bond acceptors (Lipinski definition) is 7. The number of amides is 1. The van der Waals surface area contributed by atoms with Gasteiger partial charge < -0.3 is 10.1 Å². The fraction of sp³-hybridized carbons (Fsp3) is 0.238. The molecule has 1 aliphatic rings.